The van der Waals surface area contributed by atoms with Crippen molar-refractivity contribution in [1.29, 1.82) is 0 Å². The summed E-state index contributed by atoms with van der Waals surface area (Å²) in [6.07, 6.45) is 4.83. The summed E-state index contributed by atoms with van der Waals surface area (Å²) < 4.78 is 18.1. The van der Waals surface area contributed by atoms with Crippen molar-refractivity contribution in [2.24, 2.45) is 5.41 Å². The Bertz CT molecular complexity index is 769. The van der Waals surface area contributed by atoms with Gasteiger partial charge >= 0.3 is 5.97 Å². The minimum atomic E-state index is -0.484. The van der Waals surface area contributed by atoms with Crippen LogP contribution in [0.3, 0.4) is 0 Å². The van der Waals surface area contributed by atoms with Crippen molar-refractivity contribution in [2.75, 3.05) is 0 Å². The number of benzene rings is 1. The number of hydrogen-bond donors (Lipinski definition) is 0. The fourth-order valence-electron chi connectivity index (χ4n) is 4.15. The van der Waals surface area contributed by atoms with E-state index in [0.29, 0.717) is 10.6 Å². The van der Waals surface area contributed by atoms with Crippen molar-refractivity contribution < 1.29 is 19.0 Å². The number of halogens is 1. The van der Waals surface area contributed by atoms with Crippen molar-refractivity contribution in [1.82, 2.24) is 0 Å². The first-order valence-corrected chi connectivity index (χ1v) is 10.0. The van der Waals surface area contributed by atoms with Crippen molar-refractivity contribution >= 4 is 17.6 Å². The van der Waals surface area contributed by atoms with E-state index in [0.717, 1.165) is 19.3 Å². The molecule has 0 bridgehead atoms. The van der Waals surface area contributed by atoms with Gasteiger partial charge in [0.05, 0.1) is 17.8 Å². The molecule has 5 heteroatoms. The van der Waals surface area contributed by atoms with Gasteiger partial charge in [-0.15, -0.1) is 0 Å². The third kappa shape index (κ3) is 3.67. The smallest absolute Gasteiger partial charge is 0.338 e. The van der Waals surface area contributed by atoms with Gasteiger partial charge < -0.3 is 14.2 Å². The van der Waals surface area contributed by atoms with Crippen LogP contribution in [0.25, 0.3) is 0 Å². The van der Waals surface area contributed by atoms with Crippen molar-refractivity contribution in [2.45, 2.75) is 77.0 Å². The topological polar surface area (TPSA) is 51.4 Å². The monoisotopic (exact) mass is 390 g/mol. The van der Waals surface area contributed by atoms with E-state index in [2.05, 4.69) is 26.8 Å². The molecule has 4 rings (SSSR count). The standard InChI is InChI=1S/C22H27ClO4/c1-13-5-10-16-22(4,27-16)19(17-18(25-17)21(2,3)12-11-13)26-20(24)14-6-8-15(23)9-7-14/h6-9,11,16-19H,5,10,12H2,1-4H3/b13-11+/t16-,17+,18-,19+,22-/m0/s1. The minimum Gasteiger partial charge on any atom is -0.453 e. The summed E-state index contributed by atoms with van der Waals surface area (Å²) in [5.41, 5.74) is 1.38. The molecule has 0 saturated carbocycles. The molecule has 0 amide bonds. The second-order valence-electron chi connectivity index (χ2n) is 8.93. The predicted molar refractivity (Wildman–Crippen MR) is 104 cm³/mol. The van der Waals surface area contributed by atoms with E-state index in [1.165, 1.54) is 5.57 Å². The molecule has 0 radical (unpaired) electrons. The zero-order valence-corrected chi connectivity index (χ0v) is 17.1. The number of carbonyl (C=O) groups excluding carboxylic acids is 1. The molecule has 0 spiro atoms. The predicted octanol–water partition coefficient (Wildman–Crippen LogP) is 4.95. The second kappa shape index (κ2) is 6.61. The van der Waals surface area contributed by atoms with E-state index in [-0.39, 0.29) is 29.7 Å². The highest BCUT2D eigenvalue weighted by Gasteiger charge is 2.68. The number of fused-ring (bicyclic) bond motifs is 2. The molecule has 0 N–H and O–H groups in total. The van der Waals surface area contributed by atoms with E-state index in [1.54, 1.807) is 24.3 Å². The fraction of sp³-hybridized carbons (Fsp3) is 0.591. The van der Waals surface area contributed by atoms with Gasteiger partial charge in [0.2, 0.25) is 0 Å². The maximum atomic E-state index is 12.7. The largest absolute Gasteiger partial charge is 0.453 e. The number of epoxide rings is 2. The van der Waals surface area contributed by atoms with Gasteiger partial charge in [-0.2, -0.15) is 0 Å². The first kappa shape index (κ1) is 19.0. The Balaban J connectivity index is 1.57. The van der Waals surface area contributed by atoms with Crippen molar-refractivity contribution in [3.8, 4) is 0 Å². The van der Waals surface area contributed by atoms with Crippen LogP contribution in [0.5, 0.6) is 0 Å². The average Bonchev–Trinajstić information content (AvgIpc) is 3.52. The minimum absolute atomic E-state index is 0.0120. The van der Waals surface area contributed by atoms with Crippen LogP contribution in [-0.2, 0) is 14.2 Å². The average molecular weight is 391 g/mol. The molecule has 3 aliphatic rings. The lowest BCUT2D eigenvalue weighted by Gasteiger charge is -2.24. The number of rotatable bonds is 2. The van der Waals surface area contributed by atoms with E-state index in [9.17, 15) is 4.79 Å². The van der Waals surface area contributed by atoms with Gasteiger partial charge in [-0.05, 0) is 62.8 Å². The Morgan fingerprint density at radius 1 is 1.22 bits per heavy atom. The molecule has 1 aromatic carbocycles. The summed E-state index contributed by atoms with van der Waals surface area (Å²) >= 11 is 5.92. The zero-order valence-electron chi connectivity index (χ0n) is 16.3. The highest BCUT2D eigenvalue weighted by molar-refractivity contribution is 6.30. The molecular weight excluding hydrogens is 364 g/mol. The molecule has 146 valence electrons. The Morgan fingerprint density at radius 2 is 1.93 bits per heavy atom. The van der Waals surface area contributed by atoms with Gasteiger partial charge in [-0.25, -0.2) is 4.79 Å². The number of hydrogen-bond acceptors (Lipinski definition) is 4. The molecular formula is C22H27ClO4. The lowest BCUT2D eigenvalue weighted by molar-refractivity contribution is -0.00182. The summed E-state index contributed by atoms with van der Waals surface area (Å²) in [4.78, 5) is 12.7. The summed E-state index contributed by atoms with van der Waals surface area (Å²) in [5.74, 6) is -0.358. The summed E-state index contributed by atoms with van der Waals surface area (Å²) in [6.45, 7) is 8.65. The maximum Gasteiger partial charge on any atom is 0.338 e. The van der Waals surface area contributed by atoms with E-state index in [1.807, 2.05) is 6.92 Å². The summed E-state index contributed by atoms with van der Waals surface area (Å²) in [6, 6.07) is 6.77. The molecule has 4 nitrogen and oxygen atoms in total. The third-order valence-electron chi connectivity index (χ3n) is 6.23. The Morgan fingerprint density at radius 3 is 2.63 bits per heavy atom. The molecule has 2 saturated heterocycles. The fourth-order valence-corrected chi connectivity index (χ4v) is 4.27. The first-order chi connectivity index (χ1) is 12.7. The molecule has 0 unspecified atom stereocenters. The molecule has 2 fully saturated rings. The molecule has 5 atom stereocenters. The molecule has 2 aliphatic heterocycles. The number of carbonyl (C=O) groups is 1. The van der Waals surface area contributed by atoms with Gasteiger partial charge in [0.15, 0.2) is 6.10 Å². The lowest BCUT2D eigenvalue weighted by Crippen LogP contribution is -2.41. The molecule has 1 aromatic rings. The van der Waals surface area contributed by atoms with Crippen LogP contribution < -0.4 is 0 Å². The van der Waals surface area contributed by atoms with Gasteiger partial charge in [0.25, 0.3) is 0 Å². The molecule has 27 heavy (non-hydrogen) atoms. The summed E-state index contributed by atoms with van der Waals surface area (Å²) in [7, 11) is 0. The van der Waals surface area contributed by atoms with Gasteiger partial charge in [-0.3, -0.25) is 0 Å². The van der Waals surface area contributed by atoms with Gasteiger partial charge in [0, 0.05) is 5.02 Å². The van der Waals surface area contributed by atoms with Crippen LogP contribution in [0.1, 0.15) is 57.3 Å². The van der Waals surface area contributed by atoms with Gasteiger partial charge in [0.1, 0.15) is 11.7 Å². The van der Waals surface area contributed by atoms with Crippen LogP contribution in [0.15, 0.2) is 35.9 Å². The lowest BCUT2D eigenvalue weighted by atomic mass is 9.81. The highest BCUT2D eigenvalue weighted by Crippen LogP contribution is 2.53. The van der Waals surface area contributed by atoms with Crippen LogP contribution in [-0.4, -0.2) is 36.0 Å². The first-order valence-electron chi connectivity index (χ1n) is 9.66. The van der Waals surface area contributed by atoms with Crippen LogP contribution in [0.4, 0.5) is 0 Å². The Hall–Kier alpha value is -1.36. The Labute approximate surface area is 165 Å². The number of ether oxygens (including phenoxy) is 3. The maximum absolute atomic E-state index is 12.7. The number of allylic oxidation sites excluding steroid dienone is 2. The quantitative estimate of drug-likeness (QED) is 0.407. The van der Waals surface area contributed by atoms with E-state index < -0.39 is 11.7 Å². The second-order valence-corrected chi connectivity index (χ2v) is 9.36. The van der Waals surface area contributed by atoms with E-state index in [4.69, 9.17) is 25.8 Å². The van der Waals surface area contributed by atoms with E-state index >= 15 is 0 Å². The van der Waals surface area contributed by atoms with Crippen molar-refractivity contribution in [3.63, 3.8) is 0 Å². The number of esters is 1. The van der Waals surface area contributed by atoms with Crippen LogP contribution in [0.2, 0.25) is 5.02 Å². The molecule has 0 aromatic heterocycles. The van der Waals surface area contributed by atoms with Crippen molar-refractivity contribution in [3.05, 3.63) is 46.5 Å². The van der Waals surface area contributed by atoms with Crippen LogP contribution in [0, 0.1) is 5.41 Å². The SMILES string of the molecule is C/C1=C\CC(C)(C)[C@H]2O[C@H]2[C@@H](OC(=O)c2ccc(Cl)cc2)[C@@]2(C)O[C@H]2CC1. The highest BCUT2D eigenvalue weighted by atomic mass is 35.5. The van der Waals surface area contributed by atoms with Crippen LogP contribution >= 0.6 is 11.6 Å². The zero-order chi connectivity index (χ0) is 19.4. The summed E-state index contributed by atoms with van der Waals surface area (Å²) in [5, 5.41) is 0.592. The molecule has 2 heterocycles. The Kier molecular flexibility index (Phi) is 4.65. The molecule has 1 aliphatic carbocycles. The van der Waals surface area contributed by atoms with Gasteiger partial charge in [-0.1, -0.05) is 37.1 Å². The normalized spacial score (nSPS) is 39.1. The third-order valence-corrected chi connectivity index (χ3v) is 6.48.